The van der Waals surface area contributed by atoms with E-state index in [9.17, 15) is 14.4 Å². The van der Waals surface area contributed by atoms with Crippen LogP contribution >= 0.6 is 0 Å². The number of benzene rings is 1. The first-order valence-electron chi connectivity index (χ1n) is 9.07. The molecule has 0 fully saturated rings. The summed E-state index contributed by atoms with van der Waals surface area (Å²) in [6.45, 7) is 5.07. The van der Waals surface area contributed by atoms with Crippen LogP contribution in [0.5, 0.6) is 17.2 Å². The molecular weight excluding hydrogens is 368 g/mol. The quantitative estimate of drug-likeness (QED) is 0.606. The lowest BCUT2D eigenvalue weighted by atomic mass is 10.1. The summed E-state index contributed by atoms with van der Waals surface area (Å²) in [7, 11) is 2.94. The highest BCUT2D eigenvalue weighted by atomic mass is 16.6. The van der Waals surface area contributed by atoms with Gasteiger partial charge in [-0.05, 0) is 26.0 Å². The second kappa shape index (κ2) is 9.82. The number of ether oxygens (including phenoxy) is 4. The summed E-state index contributed by atoms with van der Waals surface area (Å²) < 4.78 is 21.3. The number of nitrogens with zero attached hydrogens (tertiary/aromatic N) is 2. The molecule has 0 bridgehead atoms. The molecule has 0 aliphatic carbocycles. The Kier molecular flexibility index (Phi) is 7.48. The van der Waals surface area contributed by atoms with E-state index < -0.39 is 18.5 Å². The third-order valence-corrected chi connectivity index (χ3v) is 4.30. The summed E-state index contributed by atoms with van der Waals surface area (Å²) >= 11 is 0. The number of likely N-dealkylation sites (N-methyl/N-ethyl adjacent to an activating group) is 2. The van der Waals surface area contributed by atoms with Crippen LogP contribution in [0.1, 0.15) is 24.2 Å². The van der Waals surface area contributed by atoms with Crippen LogP contribution in [0.4, 0.5) is 0 Å². The fraction of sp³-hybridized carbons (Fsp3) is 0.526. The van der Waals surface area contributed by atoms with Crippen LogP contribution in [-0.2, 0) is 14.3 Å². The number of methoxy groups -OCH3 is 1. The van der Waals surface area contributed by atoms with E-state index in [1.807, 2.05) is 13.8 Å². The minimum atomic E-state index is -0.702. The van der Waals surface area contributed by atoms with Crippen molar-refractivity contribution in [3.63, 3.8) is 0 Å². The van der Waals surface area contributed by atoms with Gasteiger partial charge < -0.3 is 28.7 Å². The SMILES string of the molecule is CCN(CC)C(=O)CN(C)C(=O)COC(=O)c1cc(OC)c2c(c1)OCCO2. The standard InChI is InChI=1S/C19H26N2O7/c1-5-21(6-2)16(22)11-20(3)17(23)12-28-19(24)13-9-14(25-4)18-15(10-13)26-7-8-27-18/h9-10H,5-8,11-12H2,1-4H3. The van der Waals surface area contributed by atoms with Crippen molar-refractivity contribution in [1.82, 2.24) is 9.80 Å². The fourth-order valence-electron chi connectivity index (χ4n) is 2.68. The molecule has 1 aromatic rings. The van der Waals surface area contributed by atoms with Gasteiger partial charge in [-0.25, -0.2) is 4.79 Å². The molecule has 9 heteroatoms. The molecule has 0 saturated carbocycles. The maximum Gasteiger partial charge on any atom is 0.338 e. The van der Waals surface area contributed by atoms with E-state index in [0.29, 0.717) is 43.6 Å². The molecule has 1 aromatic carbocycles. The van der Waals surface area contributed by atoms with Gasteiger partial charge in [-0.15, -0.1) is 0 Å². The van der Waals surface area contributed by atoms with Crippen molar-refractivity contribution in [3.8, 4) is 17.2 Å². The molecule has 0 atom stereocenters. The molecule has 0 N–H and O–H groups in total. The van der Waals surface area contributed by atoms with Gasteiger partial charge in [0.2, 0.25) is 11.7 Å². The van der Waals surface area contributed by atoms with Crippen LogP contribution in [0, 0.1) is 0 Å². The first-order valence-corrected chi connectivity index (χ1v) is 9.07. The largest absolute Gasteiger partial charge is 0.493 e. The van der Waals surface area contributed by atoms with Crippen molar-refractivity contribution in [2.24, 2.45) is 0 Å². The Hall–Kier alpha value is -2.97. The Bertz CT molecular complexity index is 714. The van der Waals surface area contributed by atoms with Gasteiger partial charge in [-0.2, -0.15) is 0 Å². The second-order valence-electron chi connectivity index (χ2n) is 6.09. The Morgan fingerprint density at radius 1 is 1.07 bits per heavy atom. The van der Waals surface area contributed by atoms with Gasteiger partial charge in [0.05, 0.1) is 19.2 Å². The highest BCUT2D eigenvalue weighted by molar-refractivity contribution is 5.93. The highest BCUT2D eigenvalue weighted by Gasteiger charge is 2.23. The van der Waals surface area contributed by atoms with Crippen molar-refractivity contribution < 1.29 is 33.3 Å². The molecule has 1 aliphatic rings. The van der Waals surface area contributed by atoms with Crippen LogP contribution in [0.3, 0.4) is 0 Å². The molecule has 28 heavy (non-hydrogen) atoms. The molecule has 1 heterocycles. The molecule has 154 valence electrons. The fourth-order valence-corrected chi connectivity index (χ4v) is 2.68. The molecule has 0 unspecified atom stereocenters. The topological polar surface area (TPSA) is 94.6 Å². The van der Waals surface area contributed by atoms with Crippen LogP contribution in [0.25, 0.3) is 0 Å². The third kappa shape index (κ3) is 5.05. The van der Waals surface area contributed by atoms with E-state index in [4.69, 9.17) is 18.9 Å². The molecule has 2 rings (SSSR count). The second-order valence-corrected chi connectivity index (χ2v) is 6.09. The van der Waals surface area contributed by atoms with Crippen molar-refractivity contribution >= 4 is 17.8 Å². The summed E-state index contributed by atoms with van der Waals surface area (Å²) in [4.78, 5) is 39.4. The first-order chi connectivity index (χ1) is 13.4. The maximum absolute atomic E-state index is 12.3. The number of carbonyl (C=O) groups excluding carboxylic acids is 3. The van der Waals surface area contributed by atoms with Crippen molar-refractivity contribution in [2.45, 2.75) is 13.8 Å². The number of amides is 2. The smallest absolute Gasteiger partial charge is 0.338 e. The van der Waals surface area contributed by atoms with Gasteiger partial charge in [-0.1, -0.05) is 0 Å². The summed E-state index contributed by atoms with van der Waals surface area (Å²) in [5.74, 6) is -0.187. The number of esters is 1. The van der Waals surface area contributed by atoms with Crippen LogP contribution < -0.4 is 14.2 Å². The van der Waals surface area contributed by atoms with Crippen molar-refractivity contribution in [1.29, 1.82) is 0 Å². The monoisotopic (exact) mass is 394 g/mol. The number of rotatable bonds is 8. The maximum atomic E-state index is 12.3. The number of hydrogen-bond acceptors (Lipinski definition) is 7. The number of fused-ring (bicyclic) bond motifs is 1. The van der Waals surface area contributed by atoms with E-state index in [0.717, 1.165) is 0 Å². The van der Waals surface area contributed by atoms with Crippen molar-refractivity contribution in [2.75, 3.05) is 53.6 Å². The molecule has 0 saturated heterocycles. The van der Waals surface area contributed by atoms with Crippen LogP contribution in [0.2, 0.25) is 0 Å². The molecule has 0 aromatic heterocycles. The average molecular weight is 394 g/mol. The lowest BCUT2D eigenvalue weighted by Crippen LogP contribution is -2.42. The third-order valence-electron chi connectivity index (χ3n) is 4.30. The normalized spacial score (nSPS) is 12.1. The highest BCUT2D eigenvalue weighted by Crippen LogP contribution is 2.40. The van der Waals surface area contributed by atoms with Gasteiger partial charge >= 0.3 is 5.97 Å². The minimum Gasteiger partial charge on any atom is -0.493 e. The van der Waals surface area contributed by atoms with Gasteiger partial charge in [-0.3, -0.25) is 9.59 Å². The van der Waals surface area contributed by atoms with Crippen LogP contribution in [0.15, 0.2) is 12.1 Å². The van der Waals surface area contributed by atoms with Gasteiger partial charge in [0.25, 0.3) is 5.91 Å². The van der Waals surface area contributed by atoms with E-state index in [1.165, 1.54) is 31.2 Å². The zero-order chi connectivity index (χ0) is 20.7. The molecule has 0 radical (unpaired) electrons. The summed E-state index contributed by atoms with van der Waals surface area (Å²) in [5.41, 5.74) is 0.177. The zero-order valence-corrected chi connectivity index (χ0v) is 16.6. The van der Waals surface area contributed by atoms with Crippen LogP contribution in [-0.4, -0.2) is 81.2 Å². The van der Waals surface area contributed by atoms with Crippen molar-refractivity contribution in [3.05, 3.63) is 17.7 Å². The van der Waals surface area contributed by atoms with E-state index in [-0.39, 0.29) is 18.0 Å². The first kappa shape index (κ1) is 21.3. The average Bonchev–Trinajstić information content (AvgIpc) is 2.71. The predicted molar refractivity (Wildman–Crippen MR) is 99.8 cm³/mol. The molecule has 1 aliphatic heterocycles. The zero-order valence-electron chi connectivity index (χ0n) is 16.6. The molecule has 0 spiro atoms. The lowest BCUT2D eigenvalue weighted by molar-refractivity contribution is -0.140. The molecule has 9 nitrogen and oxygen atoms in total. The van der Waals surface area contributed by atoms with Gasteiger partial charge in [0, 0.05) is 20.1 Å². The summed E-state index contributed by atoms with van der Waals surface area (Å²) in [6, 6.07) is 2.95. The number of carbonyl (C=O) groups is 3. The molecule has 2 amide bonds. The van der Waals surface area contributed by atoms with Gasteiger partial charge in [0.15, 0.2) is 18.1 Å². The van der Waals surface area contributed by atoms with E-state index in [2.05, 4.69) is 0 Å². The Balaban J connectivity index is 1.96. The summed E-state index contributed by atoms with van der Waals surface area (Å²) in [6.07, 6.45) is 0. The lowest BCUT2D eigenvalue weighted by Gasteiger charge is -2.23. The van der Waals surface area contributed by atoms with E-state index >= 15 is 0 Å². The molecular formula is C19H26N2O7. The van der Waals surface area contributed by atoms with E-state index in [1.54, 1.807) is 4.90 Å². The number of hydrogen-bond donors (Lipinski definition) is 0. The summed E-state index contributed by atoms with van der Waals surface area (Å²) in [5, 5.41) is 0. The predicted octanol–water partition coefficient (Wildman–Crippen LogP) is 0.950. The Morgan fingerprint density at radius 2 is 1.75 bits per heavy atom. The minimum absolute atomic E-state index is 0.0735. The Morgan fingerprint density at radius 3 is 2.39 bits per heavy atom. The Labute approximate surface area is 164 Å². The van der Waals surface area contributed by atoms with Gasteiger partial charge in [0.1, 0.15) is 13.2 Å².